The van der Waals surface area contributed by atoms with Gasteiger partial charge in [-0.1, -0.05) is 25.4 Å². The first-order valence-electron chi connectivity index (χ1n) is 6.02. The predicted molar refractivity (Wildman–Crippen MR) is 72.9 cm³/mol. The lowest BCUT2D eigenvalue weighted by Gasteiger charge is -2.09. The van der Waals surface area contributed by atoms with Crippen LogP contribution >= 0.6 is 11.6 Å². The van der Waals surface area contributed by atoms with Crippen molar-refractivity contribution >= 4 is 11.6 Å². The molecule has 0 radical (unpaired) electrons. The van der Waals surface area contributed by atoms with Crippen LogP contribution in [0, 0.1) is 5.92 Å². The number of hydrogen-bond acceptors (Lipinski definition) is 3. The first-order valence-corrected chi connectivity index (χ1v) is 6.40. The zero-order valence-corrected chi connectivity index (χ0v) is 11.4. The van der Waals surface area contributed by atoms with Crippen molar-refractivity contribution in [3.8, 4) is 5.82 Å². The van der Waals surface area contributed by atoms with E-state index in [9.17, 15) is 0 Å². The van der Waals surface area contributed by atoms with Crippen LogP contribution in [0.1, 0.15) is 19.4 Å². The van der Waals surface area contributed by atoms with E-state index in [2.05, 4.69) is 29.2 Å². The lowest BCUT2D eigenvalue weighted by atomic mass is 10.2. The Labute approximate surface area is 112 Å². The SMILES string of the molecule is CC(C)CNCc1cnc(-n2cccn2)c(Cl)c1. The third-order valence-corrected chi connectivity index (χ3v) is 2.76. The van der Waals surface area contributed by atoms with Gasteiger partial charge in [-0.05, 0) is 30.2 Å². The Hall–Kier alpha value is -1.39. The molecule has 0 spiro atoms. The van der Waals surface area contributed by atoms with E-state index >= 15 is 0 Å². The summed E-state index contributed by atoms with van der Waals surface area (Å²) in [5.74, 6) is 1.30. The van der Waals surface area contributed by atoms with Crippen LogP contribution < -0.4 is 5.32 Å². The van der Waals surface area contributed by atoms with Crippen molar-refractivity contribution in [1.82, 2.24) is 20.1 Å². The second-order valence-electron chi connectivity index (χ2n) is 4.62. The summed E-state index contributed by atoms with van der Waals surface area (Å²) in [5.41, 5.74) is 1.08. The molecular weight excluding hydrogens is 248 g/mol. The van der Waals surface area contributed by atoms with Gasteiger partial charge < -0.3 is 5.32 Å². The summed E-state index contributed by atoms with van der Waals surface area (Å²) < 4.78 is 1.66. The molecule has 0 unspecified atom stereocenters. The Morgan fingerprint density at radius 2 is 2.28 bits per heavy atom. The fraction of sp³-hybridized carbons (Fsp3) is 0.385. The van der Waals surface area contributed by atoms with Gasteiger partial charge in [-0.25, -0.2) is 9.67 Å². The van der Waals surface area contributed by atoms with E-state index in [1.807, 2.05) is 24.5 Å². The molecule has 4 nitrogen and oxygen atoms in total. The first-order chi connectivity index (χ1) is 8.66. The zero-order valence-electron chi connectivity index (χ0n) is 10.6. The Bertz CT molecular complexity index is 494. The zero-order chi connectivity index (χ0) is 13.0. The highest BCUT2D eigenvalue weighted by atomic mass is 35.5. The molecule has 2 aromatic rings. The topological polar surface area (TPSA) is 42.7 Å². The van der Waals surface area contributed by atoms with Crippen LogP contribution in [0.2, 0.25) is 5.02 Å². The second kappa shape index (κ2) is 5.98. The molecule has 0 aliphatic heterocycles. The Kier molecular flexibility index (Phi) is 4.33. The lowest BCUT2D eigenvalue weighted by molar-refractivity contribution is 0.552. The van der Waals surface area contributed by atoms with Gasteiger partial charge in [0, 0.05) is 25.1 Å². The molecule has 0 saturated heterocycles. The molecule has 5 heteroatoms. The molecule has 0 bridgehead atoms. The number of aromatic nitrogens is 3. The molecule has 18 heavy (non-hydrogen) atoms. The van der Waals surface area contributed by atoms with Gasteiger partial charge in [0.15, 0.2) is 5.82 Å². The molecule has 0 fully saturated rings. The molecular formula is C13H17ClN4. The van der Waals surface area contributed by atoms with Gasteiger partial charge >= 0.3 is 0 Å². The van der Waals surface area contributed by atoms with Gasteiger partial charge in [0.2, 0.25) is 0 Å². The summed E-state index contributed by atoms with van der Waals surface area (Å²) in [5, 5.41) is 8.09. The fourth-order valence-corrected chi connectivity index (χ4v) is 1.91. The van der Waals surface area contributed by atoms with Crippen LogP contribution in [0.5, 0.6) is 0 Å². The summed E-state index contributed by atoms with van der Waals surface area (Å²) in [6.45, 7) is 6.13. The van der Waals surface area contributed by atoms with Gasteiger partial charge in [-0.3, -0.25) is 0 Å². The van der Waals surface area contributed by atoms with Crippen LogP contribution in [0.25, 0.3) is 5.82 Å². The molecule has 0 aliphatic carbocycles. The van der Waals surface area contributed by atoms with Crippen molar-refractivity contribution in [1.29, 1.82) is 0 Å². The Morgan fingerprint density at radius 3 is 2.89 bits per heavy atom. The number of nitrogens with zero attached hydrogens (tertiary/aromatic N) is 3. The number of hydrogen-bond donors (Lipinski definition) is 1. The van der Waals surface area contributed by atoms with E-state index in [1.165, 1.54) is 0 Å². The van der Waals surface area contributed by atoms with Gasteiger partial charge in [-0.15, -0.1) is 0 Å². The van der Waals surface area contributed by atoms with E-state index in [4.69, 9.17) is 11.6 Å². The highest BCUT2D eigenvalue weighted by Gasteiger charge is 2.06. The van der Waals surface area contributed by atoms with Gasteiger partial charge in [0.1, 0.15) is 0 Å². The van der Waals surface area contributed by atoms with E-state index in [0.717, 1.165) is 18.7 Å². The normalized spacial score (nSPS) is 11.1. The fourth-order valence-electron chi connectivity index (χ4n) is 1.63. The van der Waals surface area contributed by atoms with Gasteiger partial charge in [0.05, 0.1) is 5.02 Å². The molecule has 0 aliphatic rings. The molecule has 0 amide bonds. The summed E-state index contributed by atoms with van der Waals surface area (Å²) in [6, 6.07) is 3.77. The van der Waals surface area contributed by atoms with Crippen LogP contribution in [-0.2, 0) is 6.54 Å². The molecule has 0 saturated carbocycles. The minimum absolute atomic E-state index is 0.613. The second-order valence-corrected chi connectivity index (χ2v) is 5.03. The minimum atomic E-state index is 0.613. The third kappa shape index (κ3) is 3.31. The Morgan fingerprint density at radius 1 is 1.44 bits per heavy atom. The maximum atomic E-state index is 6.21. The standard InChI is InChI=1S/C13H17ClN4/c1-10(2)7-15-8-11-6-12(14)13(16-9-11)18-5-3-4-17-18/h3-6,9-10,15H,7-8H2,1-2H3. The minimum Gasteiger partial charge on any atom is -0.312 e. The average Bonchev–Trinajstić information content (AvgIpc) is 2.82. The highest BCUT2D eigenvalue weighted by Crippen LogP contribution is 2.18. The van der Waals surface area contributed by atoms with E-state index in [-0.39, 0.29) is 0 Å². The quantitative estimate of drug-likeness (QED) is 0.903. The molecule has 0 atom stereocenters. The van der Waals surface area contributed by atoms with Crippen molar-refractivity contribution in [2.24, 2.45) is 5.92 Å². The van der Waals surface area contributed by atoms with Crippen LogP contribution in [0.3, 0.4) is 0 Å². The molecule has 2 rings (SSSR count). The first kappa shape index (κ1) is 13.1. The van der Waals surface area contributed by atoms with Crippen molar-refractivity contribution < 1.29 is 0 Å². The summed E-state index contributed by atoms with van der Waals surface area (Å²) in [6.07, 6.45) is 5.36. The molecule has 96 valence electrons. The summed E-state index contributed by atoms with van der Waals surface area (Å²) in [4.78, 5) is 4.35. The van der Waals surface area contributed by atoms with Gasteiger partial charge in [0.25, 0.3) is 0 Å². The molecule has 0 aromatic carbocycles. The molecule has 2 aromatic heterocycles. The van der Waals surface area contributed by atoms with Crippen LogP contribution in [-0.4, -0.2) is 21.3 Å². The number of nitrogens with one attached hydrogen (secondary N) is 1. The van der Waals surface area contributed by atoms with Crippen LogP contribution in [0.4, 0.5) is 0 Å². The average molecular weight is 265 g/mol. The largest absolute Gasteiger partial charge is 0.312 e. The van der Waals surface area contributed by atoms with Crippen molar-refractivity contribution in [2.75, 3.05) is 6.54 Å². The lowest BCUT2D eigenvalue weighted by Crippen LogP contribution is -2.19. The summed E-state index contributed by atoms with van der Waals surface area (Å²) in [7, 11) is 0. The van der Waals surface area contributed by atoms with Crippen molar-refractivity contribution in [2.45, 2.75) is 20.4 Å². The van der Waals surface area contributed by atoms with E-state index < -0.39 is 0 Å². The Balaban J connectivity index is 2.06. The monoisotopic (exact) mass is 264 g/mol. The third-order valence-electron chi connectivity index (χ3n) is 2.48. The predicted octanol–water partition coefficient (Wildman–Crippen LogP) is 2.67. The molecule has 1 N–H and O–H groups in total. The van der Waals surface area contributed by atoms with Crippen molar-refractivity contribution in [3.05, 3.63) is 41.3 Å². The summed E-state index contributed by atoms with van der Waals surface area (Å²) >= 11 is 6.21. The molecule has 2 heterocycles. The number of halogens is 1. The highest BCUT2D eigenvalue weighted by molar-refractivity contribution is 6.32. The van der Waals surface area contributed by atoms with E-state index in [1.54, 1.807) is 10.9 Å². The van der Waals surface area contributed by atoms with Crippen molar-refractivity contribution in [3.63, 3.8) is 0 Å². The van der Waals surface area contributed by atoms with E-state index in [0.29, 0.717) is 16.8 Å². The van der Waals surface area contributed by atoms with Crippen LogP contribution in [0.15, 0.2) is 30.7 Å². The smallest absolute Gasteiger partial charge is 0.172 e. The maximum Gasteiger partial charge on any atom is 0.172 e. The van der Waals surface area contributed by atoms with Gasteiger partial charge in [-0.2, -0.15) is 5.10 Å². The maximum absolute atomic E-state index is 6.21. The number of rotatable bonds is 5. The number of pyridine rings is 1.